The summed E-state index contributed by atoms with van der Waals surface area (Å²) in [6, 6.07) is -0.954. The topological polar surface area (TPSA) is 88.6 Å². The number of hydrogen-bond donors (Lipinski definition) is 3. The molecule has 15 heavy (non-hydrogen) atoms. The van der Waals surface area contributed by atoms with Crippen LogP contribution in [0.5, 0.6) is 0 Å². The molecule has 3 unspecified atom stereocenters. The largest absolute Gasteiger partial charge is 0.392 e. The minimum atomic E-state index is -1.31. The molecular weight excluding hydrogens is 202 g/mol. The Kier molecular flexibility index (Phi) is 5.00. The molecule has 0 saturated heterocycles. The molecule has 0 aromatic rings. The SMILES string of the molecule is [C-]#[N+]N(C(=O)N(C(C)O)C(C)O)C(C)O. The van der Waals surface area contributed by atoms with E-state index in [-0.39, 0.29) is 0 Å². The van der Waals surface area contributed by atoms with Crippen LogP contribution in [0.2, 0.25) is 0 Å². The number of rotatable bonds is 3. The number of urea groups is 1. The highest BCUT2D eigenvalue weighted by atomic mass is 16.3. The van der Waals surface area contributed by atoms with Crippen LogP contribution in [0.25, 0.3) is 4.95 Å². The van der Waals surface area contributed by atoms with Crippen LogP contribution >= 0.6 is 0 Å². The molecule has 0 saturated carbocycles. The average molecular weight is 217 g/mol. The molecule has 0 aromatic heterocycles. The van der Waals surface area contributed by atoms with E-state index in [0.29, 0.717) is 9.91 Å². The van der Waals surface area contributed by atoms with Crippen LogP contribution in [-0.2, 0) is 0 Å². The number of carbonyl (C=O) groups is 1. The fourth-order valence-electron chi connectivity index (χ4n) is 1.04. The smallest absolute Gasteiger partial charge is 0.374 e. The Morgan fingerprint density at radius 3 is 1.73 bits per heavy atom. The maximum Gasteiger partial charge on any atom is 0.392 e. The first-order valence-electron chi connectivity index (χ1n) is 4.36. The van der Waals surface area contributed by atoms with Crippen molar-refractivity contribution in [2.75, 3.05) is 0 Å². The lowest BCUT2D eigenvalue weighted by Crippen LogP contribution is -2.51. The van der Waals surface area contributed by atoms with E-state index in [9.17, 15) is 15.0 Å². The second-order valence-electron chi connectivity index (χ2n) is 3.03. The first kappa shape index (κ1) is 13.6. The number of aliphatic hydroxyl groups is 3. The summed E-state index contributed by atoms with van der Waals surface area (Å²) in [5, 5.41) is 28.0. The molecule has 3 atom stereocenters. The summed E-state index contributed by atoms with van der Waals surface area (Å²) in [4.78, 5) is 15.0. The highest BCUT2D eigenvalue weighted by Gasteiger charge is 2.33. The van der Waals surface area contributed by atoms with E-state index in [0.717, 1.165) is 0 Å². The van der Waals surface area contributed by atoms with Crippen molar-refractivity contribution < 1.29 is 20.1 Å². The van der Waals surface area contributed by atoms with Gasteiger partial charge < -0.3 is 15.3 Å². The van der Waals surface area contributed by atoms with E-state index in [1.165, 1.54) is 20.8 Å². The fourth-order valence-corrected chi connectivity index (χ4v) is 1.04. The third-order valence-electron chi connectivity index (χ3n) is 1.68. The molecule has 0 aliphatic rings. The summed E-state index contributed by atoms with van der Waals surface area (Å²) in [7, 11) is 0. The summed E-state index contributed by atoms with van der Waals surface area (Å²) in [6.07, 6.45) is -3.81. The van der Waals surface area contributed by atoms with E-state index in [4.69, 9.17) is 11.7 Å². The number of amides is 2. The molecule has 0 fully saturated rings. The van der Waals surface area contributed by atoms with Crippen LogP contribution in [0, 0.1) is 6.57 Å². The predicted molar refractivity (Wildman–Crippen MR) is 50.7 cm³/mol. The molecule has 0 bridgehead atoms. The molecule has 0 aliphatic carbocycles. The van der Waals surface area contributed by atoms with Crippen molar-refractivity contribution in [2.45, 2.75) is 39.5 Å². The Labute approximate surface area is 87.9 Å². The summed E-state index contributed by atoms with van der Waals surface area (Å²) < 4.78 is 0. The van der Waals surface area contributed by atoms with Crippen molar-refractivity contribution in [3.63, 3.8) is 0 Å². The molecule has 86 valence electrons. The Balaban J connectivity index is 4.86. The van der Waals surface area contributed by atoms with Gasteiger partial charge in [0, 0.05) is 5.01 Å². The van der Waals surface area contributed by atoms with Gasteiger partial charge in [0.05, 0.1) is 0 Å². The molecule has 2 amide bonds. The third-order valence-corrected chi connectivity index (χ3v) is 1.68. The Bertz CT molecular complexity index is 251. The van der Waals surface area contributed by atoms with Crippen molar-refractivity contribution in [3.05, 3.63) is 11.5 Å². The van der Waals surface area contributed by atoms with E-state index in [1.807, 2.05) is 0 Å². The molecule has 0 heterocycles. The lowest BCUT2D eigenvalue weighted by Gasteiger charge is -2.29. The van der Waals surface area contributed by atoms with Crippen LogP contribution in [0.4, 0.5) is 4.79 Å². The summed E-state index contributed by atoms with van der Waals surface area (Å²) in [5.74, 6) is 0. The first-order valence-corrected chi connectivity index (χ1v) is 4.36. The molecule has 0 spiro atoms. The van der Waals surface area contributed by atoms with Crippen molar-refractivity contribution in [1.29, 1.82) is 0 Å². The zero-order valence-corrected chi connectivity index (χ0v) is 8.82. The lowest BCUT2D eigenvalue weighted by molar-refractivity contribution is -0.0669. The van der Waals surface area contributed by atoms with Gasteiger partial charge >= 0.3 is 6.03 Å². The summed E-state index contributed by atoms with van der Waals surface area (Å²) in [5.41, 5.74) is 0. The molecule has 7 heteroatoms. The van der Waals surface area contributed by atoms with Crippen LogP contribution in [-0.4, -0.2) is 49.9 Å². The van der Waals surface area contributed by atoms with Gasteiger partial charge in [-0.2, -0.15) is 11.5 Å². The normalized spacial score (nSPS) is 16.1. The van der Waals surface area contributed by atoms with Crippen LogP contribution in [0.15, 0.2) is 0 Å². The van der Waals surface area contributed by atoms with Crippen molar-refractivity contribution in [2.24, 2.45) is 0 Å². The van der Waals surface area contributed by atoms with Crippen molar-refractivity contribution in [3.8, 4) is 0 Å². The minimum absolute atomic E-state index is 0.430. The van der Waals surface area contributed by atoms with Gasteiger partial charge in [0.25, 0.3) is 0 Å². The zero-order chi connectivity index (χ0) is 12.2. The van der Waals surface area contributed by atoms with Crippen LogP contribution < -0.4 is 0 Å². The molecule has 3 N–H and O–H groups in total. The highest BCUT2D eigenvalue weighted by molar-refractivity contribution is 5.75. The molecule has 0 aromatic carbocycles. The third kappa shape index (κ3) is 3.36. The maximum absolute atomic E-state index is 11.6. The van der Waals surface area contributed by atoms with E-state index >= 15 is 0 Å². The van der Waals surface area contributed by atoms with Crippen molar-refractivity contribution >= 4 is 6.03 Å². The van der Waals surface area contributed by atoms with Gasteiger partial charge in [-0.25, -0.2) is 4.79 Å². The first-order chi connectivity index (χ1) is 6.82. The maximum atomic E-state index is 11.6. The standard InChI is InChI=1S/C8H15N3O4/c1-5(12)10(6(2)13)8(15)11(9-4)7(3)14/h5-7,12-14H,1-3H3. The van der Waals surface area contributed by atoms with Gasteiger partial charge in [-0.15, -0.1) is 0 Å². The van der Waals surface area contributed by atoms with Gasteiger partial charge in [-0.1, -0.05) is 0 Å². The lowest BCUT2D eigenvalue weighted by atomic mass is 10.4. The molecular formula is C8H15N3O4. The number of hydrogen-bond acceptors (Lipinski definition) is 4. The number of nitrogens with zero attached hydrogens (tertiary/aromatic N) is 3. The Morgan fingerprint density at radius 1 is 1.13 bits per heavy atom. The zero-order valence-electron chi connectivity index (χ0n) is 8.82. The van der Waals surface area contributed by atoms with E-state index in [2.05, 4.69) is 4.95 Å². The second-order valence-corrected chi connectivity index (χ2v) is 3.03. The van der Waals surface area contributed by atoms with Crippen molar-refractivity contribution in [1.82, 2.24) is 9.91 Å². The quantitative estimate of drug-likeness (QED) is 0.339. The fraction of sp³-hybridized carbons (Fsp3) is 0.750. The van der Waals surface area contributed by atoms with Crippen LogP contribution in [0.1, 0.15) is 20.8 Å². The van der Waals surface area contributed by atoms with Crippen LogP contribution in [0.3, 0.4) is 0 Å². The number of aliphatic hydroxyl groups excluding tert-OH is 3. The van der Waals surface area contributed by atoms with E-state index in [1.54, 1.807) is 0 Å². The van der Waals surface area contributed by atoms with Gasteiger partial charge in [0.15, 0.2) is 0 Å². The minimum Gasteiger partial charge on any atom is -0.374 e. The van der Waals surface area contributed by atoms with Gasteiger partial charge in [-0.3, -0.25) is 4.90 Å². The summed E-state index contributed by atoms with van der Waals surface area (Å²) >= 11 is 0. The Morgan fingerprint density at radius 2 is 1.53 bits per heavy atom. The molecule has 0 radical (unpaired) electrons. The monoisotopic (exact) mass is 217 g/mol. The summed E-state index contributed by atoms with van der Waals surface area (Å²) in [6.45, 7) is 10.5. The van der Waals surface area contributed by atoms with Gasteiger partial charge in [-0.05, 0) is 20.8 Å². The molecule has 0 rings (SSSR count). The Hall–Kier alpha value is -1.36. The second kappa shape index (κ2) is 5.50. The molecule has 0 aliphatic heterocycles. The van der Waals surface area contributed by atoms with Gasteiger partial charge in [0.2, 0.25) is 6.23 Å². The predicted octanol–water partition coefficient (Wildman–Crippen LogP) is -0.440. The van der Waals surface area contributed by atoms with E-state index < -0.39 is 24.7 Å². The highest BCUT2D eigenvalue weighted by Crippen LogP contribution is 2.09. The van der Waals surface area contributed by atoms with Gasteiger partial charge in [0.1, 0.15) is 12.5 Å². The average Bonchev–Trinajstić information content (AvgIpc) is 2.02. The molecule has 7 nitrogen and oxygen atoms in total. The number of carbonyl (C=O) groups excluding carboxylic acids is 1.